The summed E-state index contributed by atoms with van der Waals surface area (Å²) < 4.78 is 4.90. The predicted octanol–water partition coefficient (Wildman–Crippen LogP) is 19.7. The SMILES string of the molecule is CC(C)(C)c1cc(-c2cc(-c3[c-]c(-c4cc(-c5cccc6c7ccccc7n(-c7cccc(-n8c9ccc(C(C)(C)C)cc9c9cc(C(C)(C)C)ccc98)c7)c56)ccn4)ccc3)nc(-c3ccccc3O)c2)cc(C(C)(C)C)c1.[Pt]. The van der Waals surface area contributed by atoms with E-state index < -0.39 is 0 Å². The van der Waals surface area contributed by atoms with Crippen LogP contribution in [-0.4, -0.2) is 24.2 Å². The zero-order valence-electron chi connectivity index (χ0n) is 48.0. The van der Waals surface area contributed by atoms with Crippen LogP contribution in [0.5, 0.6) is 5.75 Å². The number of benzene rings is 8. The molecule has 0 amide bonds. The predicted molar refractivity (Wildman–Crippen MR) is 333 cm³/mol. The van der Waals surface area contributed by atoms with Crippen molar-refractivity contribution in [3.63, 3.8) is 0 Å². The van der Waals surface area contributed by atoms with Gasteiger partial charge in [-0.1, -0.05) is 191 Å². The van der Waals surface area contributed by atoms with E-state index in [2.05, 4.69) is 262 Å². The molecule has 0 fully saturated rings. The third kappa shape index (κ3) is 9.89. The average molecular weight is 1230 g/mol. The van der Waals surface area contributed by atoms with Crippen LogP contribution >= 0.6 is 0 Å². The number of fused-ring (bicyclic) bond motifs is 6. The summed E-state index contributed by atoms with van der Waals surface area (Å²) in [5.74, 6) is 0.185. The van der Waals surface area contributed by atoms with E-state index in [-0.39, 0.29) is 48.5 Å². The van der Waals surface area contributed by atoms with Gasteiger partial charge < -0.3 is 14.2 Å². The number of hydrogen-bond acceptors (Lipinski definition) is 3. The van der Waals surface area contributed by atoms with E-state index in [1.54, 1.807) is 6.07 Å². The molecule has 8 aromatic carbocycles. The third-order valence-electron chi connectivity index (χ3n) is 16.0. The van der Waals surface area contributed by atoms with E-state index in [1.165, 1.54) is 54.8 Å². The van der Waals surface area contributed by atoms with Gasteiger partial charge in [0.25, 0.3) is 0 Å². The van der Waals surface area contributed by atoms with Gasteiger partial charge in [-0.15, -0.1) is 24.3 Å². The van der Waals surface area contributed by atoms with Crippen LogP contribution in [0.15, 0.2) is 194 Å². The van der Waals surface area contributed by atoms with Crippen molar-refractivity contribution >= 4 is 43.6 Å². The second-order valence-corrected chi connectivity index (χ2v) is 25.7. The minimum atomic E-state index is -0.0634. The Balaban J connectivity index is 0.00000675. The molecule has 0 aliphatic carbocycles. The summed E-state index contributed by atoms with van der Waals surface area (Å²) in [5, 5.41) is 16.1. The van der Waals surface area contributed by atoms with Crippen molar-refractivity contribution in [2.24, 2.45) is 0 Å². The van der Waals surface area contributed by atoms with Crippen LogP contribution < -0.4 is 0 Å². The first-order valence-corrected chi connectivity index (χ1v) is 27.8. The molecule has 6 heteroatoms. The van der Waals surface area contributed by atoms with Gasteiger partial charge in [-0.05, 0) is 133 Å². The van der Waals surface area contributed by atoms with Crippen molar-refractivity contribution in [2.45, 2.75) is 105 Å². The number of nitrogens with zero attached hydrogens (tertiary/aromatic N) is 4. The Morgan fingerprint density at radius 2 is 0.875 bits per heavy atom. The third-order valence-corrected chi connectivity index (χ3v) is 16.0. The summed E-state index contributed by atoms with van der Waals surface area (Å²) in [6.07, 6.45) is 1.92. The molecule has 0 atom stereocenters. The Morgan fingerprint density at radius 1 is 0.375 bits per heavy atom. The Bertz CT molecular complexity index is 4270. The second kappa shape index (κ2) is 20.0. The first-order valence-electron chi connectivity index (χ1n) is 27.8. The zero-order chi connectivity index (χ0) is 55.3. The zero-order valence-corrected chi connectivity index (χ0v) is 50.3. The Labute approximate surface area is 486 Å². The van der Waals surface area contributed by atoms with Gasteiger partial charge in [0.05, 0.1) is 27.8 Å². The van der Waals surface area contributed by atoms with E-state index in [4.69, 9.17) is 9.97 Å². The Kier molecular flexibility index (Phi) is 13.6. The molecular weight excluding hydrogens is 1160 g/mol. The Morgan fingerprint density at radius 3 is 1.51 bits per heavy atom. The molecule has 12 rings (SSSR count). The molecule has 0 saturated carbocycles. The fourth-order valence-electron chi connectivity index (χ4n) is 11.4. The number of aromatic hydroxyl groups is 1. The molecule has 4 heterocycles. The van der Waals surface area contributed by atoms with Gasteiger partial charge >= 0.3 is 0 Å². The quantitative estimate of drug-likeness (QED) is 0.162. The van der Waals surface area contributed by atoms with E-state index in [0.717, 1.165) is 67.2 Å². The molecule has 0 saturated heterocycles. The van der Waals surface area contributed by atoms with Gasteiger partial charge in [-0.2, -0.15) is 0 Å². The van der Waals surface area contributed by atoms with Gasteiger partial charge in [0.15, 0.2) is 0 Å². The van der Waals surface area contributed by atoms with E-state index in [0.29, 0.717) is 11.3 Å². The summed E-state index contributed by atoms with van der Waals surface area (Å²) in [6, 6.07) is 71.6. The first-order chi connectivity index (χ1) is 37.6. The minimum absolute atomic E-state index is 0. The summed E-state index contributed by atoms with van der Waals surface area (Å²) in [4.78, 5) is 10.3. The van der Waals surface area contributed by atoms with Gasteiger partial charge in [0.1, 0.15) is 5.75 Å². The maximum atomic E-state index is 11.2. The molecule has 402 valence electrons. The van der Waals surface area contributed by atoms with Crippen LogP contribution in [0.1, 0.15) is 105 Å². The topological polar surface area (TPSA) is 55.9 Å². The first kappa shape index (κ1) is 54.1. The number of phenols is 1. The van der Waals surface area contributed by atoms with Gasteiger partial charge in [-0.3, -0.25) is 9.97 Å². The van der Waals surface area contributed by atoms with Crippen molar-refractivity contribution in [3.8, 4) is 73.2 Å². The van der Waals surface area contributed by atoms with Gasteiger partial charge in [0.2, 0.25) is 0 Å². The normalized spacial score (nSPS) is 12.4. The molecule has 12 aromatic rings. The molecule has 0 unspecified atom stereocenters. The number of rotatable bonds is 7. The average Bonchev–Trinajstić information content (AvgIpc) is 3.96. The van der Waals surface area contributed by atoms with E-state index in [9.17, 15) is 5.11 Å². The molecule has 0 spiro atoms. The molecule has 1 N–H and O–H groups in total. The van der Waals surface area contributed by atoms with Gasteiger partial charge in [0, 0.05) is 82.7 Å². The molecule has 80 heavy (non-hydrogen) atoms. The van der Waals surface area contributed by atoms with Crippen LogP contribution in [0.4, 0.5) is 0 Å². The van der Waals surface area contributed by atoms with Crippen LogP contribution in [-0.2, 0) is 42.7 Å². The number of para-hydroxylation sites is 3. The number of hydrogen-bond donors (Lipinski definition) is 1. The number of pyridine rings is 2. The molecule has 0 radical (unpaired) electrons. The molecule has 0 bridgehead atoms. The Hall–Kier alpha value is -7.85. The number of phenolic OH excluding ortho intramolecular Hbond substituents is 1. The summed E-state index contributed by atoms with van der Waals surface area (Å²) in [6.45, 7) is 27.4. The van der Waals surface area contributed by atoms with Crippen molar-refractivity contribution in [1.29, 1.82) is 0 Å². The van der Waals surface area contributed by atoms with Crippen LogP contribution in [0.3, 0.4) is 0 Å². The van der Waals surface area contributed by atoms with Crippen LogP contribution in [0.25, 0.3) is 111 Å². The molecule has 4 aromatic heterocycles. The van der Waals surface area contributed by atoms with Crippen LogP contribution in [0, 0.1) is 6.07 Å². The van der Waals surface area contributed by atoms with Crippen molar-refractivity contribution in [3.05, 3.63) is 223 Å². The fraction of sp³-hybridized carbons (Fsp3) is 0.216. The summed E-state index contributed by atoms with van der Waals surface area (Å²) in [5.41, 5.74) is 20.8. The fourth-order valence-corrected chi connectivity index (χ4v) is 11.4. The smallest absolute Gasteiger partial charge is 0.124 e. The molecular formula is C74H69N4OPt-. The van der Waals surface area contributed by atoms with Crippen molar-refractivity contribution in [2.75, 3.05) is 0 Å². The summed E-state index contributed by atoms with van der Waals surface area (Å²) >= 11 is 0. The van der Waals surface area contributed by atoms with Crippen LogP contribution in [0.2, 0.25) is 0 Å². The molecule has 0 aliphatic rings. The monoisotopic (exact) mass is 1220 g/mol. The summed E-state index contributed by atoms with van der Waals surface area (Å²) in [7, 11) is 0. The standard InChI is InChI=1S/C74H69N4O.Pt/c1-71(2,3)51-30-32-67-61(43-51)62-44-52(72(4,5)6)31-33-68(62)77(67)55-22-18-23-56(45-55)78-66-28-15-13-24-58(66)59-27-19-26-57(70(59)78)46-34-35-75-63(39-46)47-20-17-21-48(36-47)64-40-50(41-65(76-64)60-25-14-16-29-69(60)79)49-37-53(73(7,8)9)42-54(38-49)74(10,11)12;/h13-35,37-45,79H,1-12H3;/q-1;. The molecule has 5 nitrogen and oxygen atoms in total. The maximum absolute atomic E-state index is 11.2. The number of aromatic nitrogens is 4. The van der Waals surface area contributed by atoms with Gasteiger partial charge in [-0.25, -0.2) is 0 Å². The minimum Gasteiger partial charge on any atom is -0.507 e. The largest absolute Gasteiger partial charge is 0.507 e. The van der Waals surface area contributed by atoms with Crippen molar-refractivity contribution in [1.82, 2.24) is 19.1 Å². The van der Waals surface area contributed by atoms with E-state index in [1.807, 2.05) is 24.4 Å². The second-order valence-electron chi connectivity index (χ2n) is 25.7. The maximum Gasteiger partial charge on any atom is 0.124 e. The van der Waals surface area contributed by atoms with E-state index >= 15 is 0 Å². The van der Waals surface area contributed by atoms with Crippen molar-refractivity contribution < 1.29 is 26.2 Å². The molecule has 0 aliphatic heterocycles.